The molecule has 2 aromatic rings. The summed E-state index contributed by atoms with van der Waals surface area (Å²) >= 11 is 0. The Morgan fingerprint density at radius 3 is 2.33 bits per heavy atom. The van der Waals surface area contributed by atoms with Crippen molar-refractivity contribution in [2.75, 3.05) is 10.6 Å². The van der Waals surface area contributed by atoms with Crippen LogP contribution in [-0.4, -0.2) is 18.9 Å². The van der Waals surface area contributed by atoms with E-state index in [2.05, 4.69) is 10.6 Å². The van der Waals surface area contributed by atoms with Gasteiger partial charge in [0.05, 0.1) is 4.90 Å². The largest absolute Gasteiger partial charge is 0.360 e. The quantitative estimate of drug-likeness (QED) is 0.413. The highest BCUT2D eigenvalue weighted by Crippen LogP contribution is 2.22. The van der Waals surface area contributed by atoms with Crippen LogP contribution >= 0.6 is 0 Å². The number of nitrogens with one attached hydrogen (secondary N) is 2. The van der Waals surface area contributed by atoms with Crippen LogP contribution in [0.4, 0.5) is 11.4 Å². The average molecular weight is 385 g/mol. The molecule has 0 radical (unpaired) electrons. The van der Waals surface area contributed by atoms with Gasteiger partial charge in [0.25, 0.3) is 16.0 Å². The van der Waals surface area contributed by atoms with E-state index in [1.807, 2.05) is 32.9 Å². The maximum atomic E-state index is 12.3. The van der Waals surface area contributed by atoms with Gasteiger partial charge in [-0.05, 0) is 50.1 Å². The number of anilines is 2. The molecule has 27 heavy (non-hydrogen) atoms. The summed E-state index contributed by atoms with van der Waals surface area (Å²) < 4.78 is 31.4. The van der Waals surface area contributed by atoms with Crippen molar-refractivity contribution in [3.63, 3.8) is 0 Å². The zero-order valence-corrected chi connectivity index (χ0v) is 15.9. The number of rotatable bonds is 5. The maximum Gasteiger partial charge on any atom is 0.294 e. The Morgan fingerprint density at radius 1 is 1.15 bits per heavy atom. The molecule has 7 nitrogen and oxygen atoms in total. The summed E-state index contributed by atoms with van der Waals surface area (Å²) in [4.78, 5) is 11.9. The molecule has 0 aromatic heterocycles. The molecule has 0 aliphatic heterocycles. The molecule has 1 amide bonds. The molecule has 3 N–H and O–H groups in total. The Balaban J connectivity index is 2.22. The molecule has 140 valence electrons. The van der Waals surface area contributed by atoms with Crippen molar-refractivity contribution in [1.29, 1.82) is 5.26 Å². The van der Waals surface area contributed by atoms with Crippen LogP contribution in [0.5, 0.6) is 0 Å². The topological polar surface area (TPSA) is 119 Å². The van der Waals surface area contributed by atoms with Crippen LogP contribution in [0.25, 0.3) is 0 Å². The monoisotopic (exact) mass is 385 g/mol. The highest BCUT2D eigenvalue weighted by atomic mass is 32.2. The minimum absolute atomic E-state index is 0.138. The SMILES string of the molecule is Cc1cc(C)c(N/C=C(/C#N)C(=O)Nc2cccc(S(=O)(=O)O)c2)c(C)c1. The van der Waals surface area contributed by atoms with Gasteiger partial charge in [0.1, 0.15) is 11.6 Å². The molecular weight excluding hydrogens is 366 g/mol. The van der Waals surface area contributed by atoms with Crippen molar-refractivity contribution >= 4 is 27.4 Å². The molecule has 0 unspecified atom stereocenters. The van der Waals surface area contributed by atoms with E-state index in [9.17, 15) is 18.5 Å². The molecule has 0 atom stereocenters. The highest BCUT2D eigenvalue weighted by Gasteiger charge is 2.13. The fraction of sp³-hybridized carbons (Fsp3) is 0.158. The molecule has 0 saturated heterocycles. The minimum atomic E-state index is -4.39. The lowest BCUT2D eigenvalue weighted by Crippen LogP contribution is -2.15. The van der Waals surface area contributed by atoms with Crippen molar-refractivity contribution in [1.82, 2.24) is 0 Å². The van der Waals surface area contributed by atoms with Gasteiger partial charge in [-0.1, -0.05) is 23.8 Å². The van der Waals surface area contributed by atoms with Gasteiger partial charge in [-0.15, -0.1) is 0 Å². The van der Waals surface area contributed by atoms with E-state index in [0.717, 1.165) is 28.4 Å². The Bertz CT molecular complexity index is 1040. The first-order valence-corrected chi connectivity index (χ1v) is 9.39. The lowest BCUT2D eigenvalue weighted by Gasteiger charge is -2.11. The van der Waals surface area contributed by atoms with Crippen LogP contribution in [0.1, 0.15) is 16.7 Å². The normalized spacial score (nSPS) is 11.6. The van der Waals surface area contributed by atoms with Gasteiger partial charge in [0.2, 0.25) is 0 Å². The van der Waals surface area contributed by atoms with Crippen LogP contribution < -0.4 is 10.6 Å². The Kier molecular flexibility index (Phi) is 6.00. The molecule has 0 fully saturated rings. The van der Waals surface area contributed by atoms with Gasteiger partial charge in [-0.2, -0.15) is 13.7 Å². The Labute approximate surface area is 158 Å². The first-order chi connectivity index (χ1) is 12.6. The number of amides is 1. The number of hydrogen-bond acceptors (Lipinski definition) is 5. The molecule has 0 heterocycles. The lowest BCUT2D eigenvalue weighted by molar-refractivity contribution is -0.112. The lowest BCUT2D eigenvalue weighted by atomic mass is 10.1. The second-order valence-corrected chi connectivity index (χ2v) is 7.47. The van der Waals surface area contributed by atoms with Crippen LogP contribution in [-0.2, 0) is 14.9 Å². The number of carbonyl (C=O) groups is 1. The summed E-state index contributed by atoms with van der Waals surface area (Å²) in [5.74, 6) is -0.708. The molecule has 0 bridgehead atoms. The van der Waals surface area contributed by atoms with Crippen molar-refractivity contribution in [3.8, 4) is 6.07 Å². The second kappa shape index (κ2) is 8.03. The van der Waals surface area contributed by atoms with E-state index in [-0.39, 0.29) is 16.2 Å². The Hall–Kier alpha value is -3.15. The average Bonchev–Trinajstić information content (AvgIpc) is 2.56. The fourth-order valence-corrected chi connectivity index (χ4v) is 3.16. The van der Waals surface area contributed by atoms with Crippen LogP contribution in [0.15, 0.2) is 53.1 Å². The number of aryl methyl sites for hydroxylation is 3. The molecule has 0 aliphatic carbocycles. The number of hydrogen-bond donors (Lipinski definition) is 3. The van der Waals surface area contributed by atoms with E-state index in [1.165, 1.54) is 24.4 Å². The number of carbonyl (C=O) groups excluding carboxylic acids is 1. The third-order valence-corrected chi connectivity index (χ3v) is 4.64. The Morgan fingerprint density at radius 2 is 1.78 bits per heavy atom. The van der Waals surface area contributed by atoms with Crippen molar-refractivity contribution in [3.05, 3.63) is 64.9 Å². The fourth-order valence-electron chi connectivity index (χ4n) is 2.63. The van der Waals surface area contributed by atoms with Crippen LogP contribution in [0, 0.1) is 32.1 Å². The highest BCUT2D eigenvalue weighted by molar-refractivity contribution is 7.85. The zero-order valence-electron chi connectivity index (χ0n) is 15.1. The van der Waals surface area contributed by atoms with Crippen molar-refractivity contribution in [2.24, 2.45) is 0 Å². The summed E-state index contributed by atoms with van der Waals surface area (Å²) in [7, 11) is -4.39. The standard InChI is InChI=1S/C19H19N3O4S/c1-12-7-13(2)18(14(3)8-12)21-11-15(10-20)19(23)22-16-5-4-6-17(9-16)27(24,25)26/h4-9,11,21H,1-3H3,(H,22,23)(H,24,25,26)/b15-11-. The molecular formula is C19H19N3O4S. The molecule has 8 heteroatoms. The number of nitrogens with zero attached hydrogens (tertiary/aromatic N) is 1. The summed E-state index contributed by atoms with van der Waals surface area (Å²) in [6.45, 7) is 5.82. The van der Waals surface area contributed by atoms with Crippen LogP contribution in [0.3, 0.4) is 0 Å². The minimum Gasteiger partial charge on any atom is -0.360 e. The predicted molar refractivity (Wildman–Crippen MR) is 103 cm³/mol. The zero-order chi connectivity index (χ0) is 20.2. The first-order valence-electron chi connectivity index (χ1n) is 7.95. The summed E-state index contributed by atoms with van der Waals surface area (Å²) in [5.41, 5.74) is 3.81. The predicted octanol–water partition coefficient (Wildman–Crippen LogP) is 3.32. The number of nitriles is 1. The molecule has 2 aromatic carbocycles. The van der Waals surface area contributed by atoms with Gasteiger partial charge in [0, 0.05) is 17.6 Å². The third-order valence-electron chi connectivity index (χ3n) is 3.79. The van der Waals surface area contributed by atoms with E-state index >= 15 is 0 Å². The van der Waals surface area contributed by atoms with Crippen molar-refractivity contribution < 1.29 is 17.8 Å². The smallest absolute Gasteiger partial charge is 0.294 e. The number of benzene rings is 2. The molecule has 2 rings (SSSR count). The summed E-state index contributed by atoms with van der Waals surface area (Å²) in [5, 5.41) is 14.7. The maximum absolute atomic E-state index is 12.3. The summed E-state index contributed by atoms with van der Waals surface area (Å²) in [6.07, 6.45) is 1.30. The van der Waals surface area contributed by atoms with E-state index < -0.39 is 16.0 Å². The van der Waals surface area contributed by atoms with Gasteiger partial charge in [0.15, 0.2) is 0 Å². The molecule has 0 spiro atoms. The van der Waals surface area contributed by atoms with Gasteiger partial charge in [-0.3, -0.25) is 9.35 Å². The molecule has 0 aliphatic rings. The summed E-state index contributed by atoms with van der Waals surface area (Å²) in [6, 6.07) is 10.9. The molecule has 0 saturated carbocycles. The van der Waals surface area contributed by atoms with E-state index in [4.69, 9.17) is 4.55 Å². The van der Waals surface area contributed by atoms with Gasteiger partial charge >= 0.3 is 0 Å². The third kappa shape index (κ3) is 5.17. The van der Waals surface area contributed by atoms with Gasteiger partial charge in [-0.25, -0.2) is 0 Å². The first kappa shape index (κ1) is 20.2. The van der Waals surface area contributed by atoms with Gasteiger partial charge < -0.3 is 10.6 Å². The van der Waals surface area contributed by atoms with Crippen LogP contribution in [0.2, 0.25) is 0 Å². The second-order valence-electron chi connectivity index (χ2n) is 6.04. The van der Waals surface area contributed by atoms with E-state index in [1.54, 1.807) is 6.07 Å². The van der Waals surface area contributed by atoms with E-state index in [0.29, 0.717) is 0 Å². The van der Waals surface area contributed by atoms with Crippen molar-refractivity contribution in [2.45, 2.75) is 25.7 Å².